The molecule has 0 radical (unpaired) electrons. The predicted molar refractivity (Wildman–Crippen MR) is 146 cm³/mol. The van der Waals surface area contributed by atoms with Gasteiger partial charge < -0.3 is 10.6 Å². The number of pyridine rings is 1. The van der Waals surface area contributed by atoms with Crippen LogP contribution in [0.5, 0.6) is 0 Å². The molecular formula is C30H23N5O2. The van der Waals surface area contributed by atoms with Crippen LogP contribution in [0, 0.1) is 6.92 Å². The lowest BCUT2D eigenvalue weighted by atomic mass is 9.95. The first-order chi connectivity index (χ1) is 18.0. The van der Waals surface area contributed by atoms with Crippen LogP contribution in [0.25, 0.3) is 33.2 Å². The van der Waals surface area contributed by atoms with Gasteiger partial charge in [-0.15, -0.1) is 0 Å². The van der Waals surface area contributed by atoms with Crippen molar-refractivity contribution in [1.82, 2.24) is 15.0 Å². The fourth-order valence-corrected chi connectivity index (χ4v) is 4.06. The normalized spacial score (nSPS) is 10.6. The number of nitrogens with one attached hydrogen (secondary N) is 2. The smallest absolute Gasteiger partial charge is 0.256 e. The highest BCUT2D eigenvalue weighted by atomic mass is 16.2. The molecule has 37 heavy (non-hydrogen) atoms. The zero-order chi connectivity index (χ0) is 25.8. The highest BCUT2D eigenvalue weighted by molar-refractivity contribution is 6.04. The lowest BCUT2D eigenvalue weighted by molar-refractivity contribution is -0.111. The van der Waals surface area contributed by atoms with Crippen molar-refractivity contribution in [1.29, 1.82) is 0 Å². The van der Waals surface area contributed by atoms with Crippen molar-refractivity contribution < 1.29 is 9.59 Å². The number of aryl methyl sites for hydroxylation is 1. The summed E-state index contributed by atoms with van der Waals surface area (Å²) >= 11 is 0. The van der Waals surface area contributed by atoms with Gasteiger partial charge in [0.1, 0.15) is 12.1 Å². The third kappa shape index (κ3) is 5.26. The van der Waals surface area contributed by atoms with Gasteiger partial charge in [-0.1, -0.05) is 30.8 Å². The SMILES string of the molecule is C=CC(=O)Nc1cccc(-c2cc(-c3ccc(C(=O)Nc4cc(C)ccn4)cc3)cc3cncnc23)c1. The van der Waals surface area contributed by atoms with Crippen LogP contribution in [-0.2, 0) is 4.79 Å². The van der Waals surface area contributed by atoms with E-state index in [1.54, 1.807) is 24.5 Å². The number of carbonyl (C=O) groups excluding carboxylic acids is 2. The fraction of sp³-hybridized carbons (Fsp3) is 0.0333. The summed E-state index contributed by atoms with van der Waals surface area (Å²) in [5, 5.41) is 6.51. The largest absolute Gasteiger partial charge is 0.323 e. The number of carbonyl (C=O) groups is 2. The number of fused-ring (bicyclic) bond motifs is 1. The van der Waals surface area contributed by atoms with E-state index in [0.717, 1.165) is 38.7 Å². The molecule has 5 rings (SSSR count). The molecule has 5 aromatic rings. The number of amides is 2. The van der Waals surface area contributed by atoms with Gasteiger partial charge in [-0.3, -0.25) is 9.59 Å². The van der Waals surface area contributed by atoms with E-state index in [1.807, 2.05) is 61.5 Å². The van der Waals surface area contributed by atoms with Crippen LogP contribution in [0.4, 0.5) is 11.5 Å². The maximum Gasteiger partial charge on any atom is 0.256 e. The molecule has 0 spiro atoms. The second-order valence-electron chi connectivity index (χ2n) is 8.51. The molecule has 180 valence electrons. The van der Waals surface area contributed by atoms with E-state index in [4.69, 9.17) is 0 Å². The molecule has 2 amide bonds. The monoisotopic (exact) mass is 485 g/mol. The molecule has 0 aliphatic rings. The zero-order valence-corrected chi connectivity index (χ0v) is 20.1. The van der Waals surface area contributed by atoms with E-state index in [2.05, 4.69) is 38.2 Å². The first kappa shape index (κ1) is 23.6. The molecule has 7 heteroatoms. The summed E-state index contributed by atoms with van der Waals surface area (Å²) in [7, 11) is 0. The van der Waals surface area contributed by atoms with Crippen molar-refractivity contribution in [3.8, 4) is 22.3 Å². The molecule has 0 unspecified atom stereocenters. The Morgan fingerprint density at radius 2 is 1.70 bits per heavy atom. The number of hydrogen-bond acceptors (Lipinski definition) is 5. The Morgan fingerprint density at radius 3 is 2.49 bits per heavy atom. The van der Waals surface area contributed by atoms with Crippen molar-refractivity contribution in [3.63, 3.8) is 0 Å². The Kier molecular flexibility index (Phi) is 6.50. The van der Waals surface area contributed by atoms with E-state index < -0.39 is 0 Å². The average Bonchev–Trinajstić information content (AvgIpc) is 2.92. The quantitative estimate of drug-likeness (QED) is 0.286. The minimum absolute atomic E-state index is 0.226. The second kappa shape index (κ2) is 10.2. The number of aromatic nitrogens is 3. The van der Waals surface area contributed by atoms with Gasteiger partial charge in [0.15, 0.2) is 0 Å². The Morgan fingerprint density at radius 1 is 0.865 bits per heavy atom. The molecule has 3 aromatic carbocycles. The van der Waals surface area contributed by atoms with E-state index in [1.165, 1.54) is 12.4 Å². The number of hydrogen-bond donors (Lipinski definition) is 2. The molecule has 0 bridgehead atoms. The van der Waals surface area contributed by atoms with E-state index in [-0.39, 0.29) is 11.8 Å². The highest BCUT2D eigenvalue weighted by Crippen LogP contribution is 2.34. The maximum atomic E-state index is 12.7. The van der Waals surface area contributed by atoms with Gasteiger partial charge in [0.05, 0.1) is 5.52 Å². The van der Waals surface area contributed by atoms with E-state index in [9.17, 15) is 9.59 Å². The van der Waals surface area contributed by atoms with Gasteiger partial charge >= 0.3 is 0 Å². The molecule has 2 N–H and O–H groups in total. The van der Waals surface area contributed by atoms with Crippen molar-refractivity contribution >= 4 is 34.2 Å². The molecule has 0 saturated heterocycles. The number of rotatable bonds is 6. The summed E-state index contributed by atoms with van der Waals surface area (Å²) in [6.45, 7) is 5.45. The van der Waals surface area contributed by atoms with Crippen LogP contribution in [-0.4, -0.2) is 26.8 Å². The molecule has 0 atom stereocenters. The van der Waals surface area contributed by atoms with Crippen LogP contribution >= 0.6 is 0 Å². The summed E-state index contributed by atoms with van der Waals surface area (Å²) in [6, 6.07) is 22.7. The number of anilines is 2. The fourth-order valence-electron chi connectivity index (χ4n) is 4.06. The minimum Gasteiger partial charge on any atom is -0.323 e. The van der Waals surface area contributed by atoms with Crippen LogP contribution in [0.2, 0.25) is 0 Å². The third-order valence-corrected chi connectivity index (χ3v) is 5.87. The molecular weight excluding hydrogens is 462 g/mol. The lowest BCUT2D eigenvalue weighted by Crippen LogP contribution is -2.12. The Labute approximate surface area is 214 Å². The molecule has 7 nitrogen and oxygen atoms in total. The minimum atomic E-state index is -0.277. The standard InChI is InChI=1S/C30H23N5O2/c1-3-28(36)34-25-6-4-5-22(15-25)26-16-23(14-24-17-31-18-33-29(24)26)20-7-9-21(10-8-20)30(37)35-27-13-19(2)11-12-32-27/h3-18H,1H2,2H3,(H,34,36)(H,32,35,37). The lowest BCUT2D eigenvalue weighted by Gasteiger charge is -2.12. The number of benzene rings is 3. The maximum absolute atomic E-state index is 12.7. The van der Waals surface area contributed by atoms with Gasteiger partial charge in [0, 0.05) is 34.6 Å². The van der Waals surface area contributed by atoms with Crippen molar-refractivity contribution in [2.24, 2.45) is 0 Å². The zero-order valence-electron chi connectivity index (χ0n) is 20.1. The molecule has 0 aliphatic heterocycles. The van der Waals surface area contributed by atoms with Crippen LogP contribution in [0.15, 0.2) is 104 Å². The first-order valence-corrected chi connectivity index (χ1v) is 11.6. The van der Waals surface area contributed by atoms with Crippen molar-refractivity contribution in [3.05, 3.63) is 115 Å². The Hall–Kier alpha value is -5.17. The summed E-state index contributed by atoms with van der Waals surface area (Å²) in [5.41, 5.74) is 6.69. The van der Waals surface area contributed by atoms with Gasteiger partial charge in [-0.05, 0) is 83.8 Å². The van der Waals surface area contributed by atoms with Crippen LogP contribution in [0.1, 0.15) is 15.9 Å². The van der Waals surface area contributed by atoms with Gasteiger partial charge in [-0.25, -0.2) is 15.0 Å². The molecule has 2 aromatic heterocycles. The molecule has 2 heterocycles. The van der Waals surface area contributed by atoms with Crippen LogP contribution in [0.3, 0.4) is 0 Å². The van der Waals surface area contributed by atoms with Gasteiger partial charge in [-0.2, -0.15) is 0 Å². The molecule has 0 aliphatic carbocycles. The summed E-state index contributed by atoms with van der Waals surface area (Å²) in [4.78, 5) is 37.4. The molecule has 0 saturated carbocycles. The third-order valence-electron chi connectivity index (χ3n) is 5.87. The van der Waals surface area contributed by atoms with Crippen LogP contribution < -0.4 is 10.6 Å². The van der Waals surface area contributed by atoms with Gasteiger partial charge in [0.25, 0.3) is 5.91 Å². The first-order valence-electron chi connectivity index (χ1n) is 11.6. The average molecular weight is 486 g/mol. The topological polar surface area (TPSA) is 96.9 Å². The summed E-state index contributed by atoms with van der Waals surface area (Å²) < 4.78 is 0. The summed E-state index contributed by atoms with van der Waals surface area (Å²) in [6.07, 6.45) is 6.19. The Bertz CT molecular complexity index is 1640. The van der Waals surface area contributed by atoms with E-state index >= 15 is 0 Å². The van der Waals surface area contributed by atoms with Crippen molar-refractivity contribution in [2.75, 3.05) is 10.6 Å². The van der Waals surface area contributed by atoms with Gasteiger partial charge in [0.2, 0.25) is 5.91 Å². The second-order valence-corrected chi connectivity index (χ2v) is 8.51. The summed E-state index contributed by atoms with van der Waals surface area (Å²) in [5.74, 6) is 0.00999. The Balaban J connectivity index is 1.49. The van der Waals surface area contributed by atoms with E-state index in [0.29, 0.717) is 17.1 Å². The van der Waals surface area contributed by atoms with Crippen molar-refractivity contribution in [2.45, 2.75) is 6.92 Å². The molecule has 0 fully saturated rings. The number of nitrogens with zero attached hydrogens (tertiary/aromatic N) is 3. The highest BCUT2D eigenvalue weighted by Gasteiger charge is 2.12. The predicted octanol–water partition coefficient (Wildman–Crippen LogP) is 6.04.